The third-order valence-corrected chi connectivity index (χ3v) is 4.51. The van der Waals surface area contributed by atoms with Crippen LogP contribution in [0.5, 0.6) is 0 Å². The van der Waals surface area contributed by atoms with Gasteiger partial charge in [-0.2, -0.15) is 0 Å². The summed E-state index contributed by atoms with van der Waals surface area (Å²) in [7, 11) is 0. The maximum absolute atomic E-state index is 11.8. The van der Waals surface area contributed by atoms with Crippen molar-refractivity contribution in [2.24, 2.45) is 0 Å². The molecule has 1 amide bonds. The monoisotopic (exact) mass is 320 g/mol. The zero-order valence-corrected chi connectivity index (χ0v) is 13.7. The fourth-order valence-corrected chi connectivity index (χ4v) is 3.11. The molecule has 3 rings (SSSR count). The van der Waals surface area contributed by atoms with Crippen LogP contribution in [0.3, 0.4) is 0 Å². The Balaban J connectivity index is 1.65. The smallest absolute Gasteiger partial charge is 0.409 e. The van der Waals surface area contributed by atoms with Crippen molar-refractivity contribution < 1.29 is 14.6 Å². The van der Waals surface area contributed by atoms with E-state index in [4.69, 9.17) is 4.74 Å². The molecule has 1 saturated carbocycles. The summed E-state index contributed by atoms with van der Waals surface area (Å²) >= 11 is 0. The van der Waals surface area contributed by atoms with Gasteiger partial charge in [-0.15, -0.1) is 0 Å². The fraction of sp³-hybridized carbons (Fsp3) is 0.688. The lowest BCUT2D eigenvalue weighted by Crippen LogP contribution is -2.49. The van der Waals surface area contributed by atoms with E-state index in [0.717, 1.165) is 43.3 Å². The van der Waals surface area contributed by atoms with Gasteiger partial charge in [0, 0.05) is 43.9 Å². The molecule has 0 atom stereocenters. The quantitative estimate of drug-likeness (QED) is 0.904. The van der Waals surface area contributed by atoms with Crippen molar-refractivity contribution in [2.75, 3.05) is 37.7 Å². The standard InChI is InChI=1S/C16H24N4O3/c1-3-23-16(22)20-6-4-19(5-7-20)15-10-14(17-11(2)18-15)12-8-13(21)9-12/h10,12-13,21H,3-9H2,1-2H3. The van der Waals surface area contributed by atoms with Crippen LogP contribution in [-0.4, -0.2) is 65.0 Å². The number of amides is 1. The van der Waals surface area contributed by atoms with E-state index in [1.807, 2.05) is 19.9 Å². The van der Waals surface area contributed by atoms with Crippen molar-refractivity contribution in [2.45, 2.75) is 38.7 Å². The first-order valence-electron chi connectivity index (χ1n) is 8.27. The molecular weight excluding hydrogens is 296 g/mol. The molecule has 1 aliphatic carbocycles. The van der Waals surface area contributed by atoms with Gasteiger partial charge in [-0.25, -0.2) is 14.8 Å². The van der Waals surface area contributed by atoms with Gasteiger partial charge in [0.2, 0.25) is 0 Å². The Bertz CT molecular complexity index is 566. The third kappa shape index (κ3) is 3.55. The molecule has 1 aromatic rings. The van der Waals surface area contributed by atoms with Crippen LogP contribution in [0.4, 0.5) is 10.6 Å². The summed E-state index contributed by atoms with van der Waals surface area (Å²) in [4.78, 5) is 24.7. The number of aliphatic hydroxyl groups excluding tert-OH is 1. The van der Waals surface area contributed by atoms with Crippen LogP contribution in [0, 0.1) is 6.92 Å². The first-order valence-corrected chi connectivity index (χ1v) is 8.27. The number of anilines is 1. The first kappa shape index (κ1) is 16.0. The largest absolute Gasteiger partial charge is 0.450 e. The van der Waals surface area contributed by atoms with Gasteiger partial charge in [0.25, 0.3) is 0 Å². The minimum Gasteiger partial charge on any atom is -0.450 e. The maximum Gasteiger partial charge on any atom is 0.409 e. The molecule has 126 valence electrons. The number of carbonyl (C=O) groups is 1. The van der Waals surface area contributed by atoms with E-state index in [1.54, 1.807) is 4.90 Å². The van der Waals surface area contributed by atoms with Crippen molar-refractivity contribution in [3.63, 3.8) is 0 Å². The van der Waals surface area contributed by atoms with Crippen molar-refractivity contribution >= 4 is 11.9 Å². The highest BCUT2D eigenvalue weighted by atomic mass is 16.6. The second kappa shape index (κ2) is 6.70. The lowest BCUT2D eigenvalue weighted by molar-refractivity contribution is 0.0731. The Hall–Kier alpha value is -1.89. The number of aromatic nitrogens is 2. The normalized spacial score (nSPS) is 24.3. The zero-order valence-electron chi connectivity index (χ0n) is 13.7. The number of ether oxygens (including phenoxy) is 1. The molecule has 23 heavy (non-hydrogen) atoms. The number of aryl methyl sites for hydroxylation is 1. The molecule has 1 saturated heterocycles. The van der Waals surface area contributed by atoms with E-state index in [2.05, 4.69) is 14.9 Å². The highest BCUT2D eigenvalue weighted by Gasteiger charge is 2.31. The second-order valence-corrected chi connectivity index (χ2v) is 6.19. The van der Waals surface area contributed by atoms with Crippen LogP contribution in [0.25, 0.3) is 0 Å². The molecule has 7 heteroatoms. The molecule has 0 radical (unpaired) electrons. The number of nitrogens with zero attached hydrogens (tertiary/aromatic N) is 4. The molecule has 2 aliphatic rings. The summed E-state index contributed by atoms with van der Waals surface area (Å²) in [5, 5.41) is 9.49. The SMILES string of the molecule is CCOC(=O)N1CCN(c2cc(C3CC(O)C3)nc(C)n2)CC1. The van der Waals surface area contributed by atoms with E-state index in [9.17, 15) is 9.90 Å². The second-order valence-electron chi connectivity index (χ2n) is 6.19. The minimum absolute atomic E-state index is 0.188. The number of aliphatic hydroxyl groups is 1. The Morgan fingerprint density at radius 2 is 2.00 bits per heavy atom. The van der Waals surface area contributed by atoms with Crippen molar-refractivity contribution in [3.8, 4) is 0 Å². The number of carbonyl (C=O) groups excluding carboxylic acids is 1. The molecule has 2 heterocycles. The maximum atomic E-state index is 11.8. The van der Waals surface area contributed by atoms with Gasteiger partial charge >= 0.3 is 6.09 Å². The predicted octanol–water partition coefficient (Wildman–Crippen LogP) is 1.30. The lowest BCUT2D eigenvalue weighted by Gasteiger charge is -2.36. The average molecular weight is 320 g/mol. The van der Waals surface area contributed by atoms with Gasteiger partial charge in [0.15, 0.2) is 0 Å². The topological polar surface area (TPSA) is 78.8 Å². The molecule has 2 fully saturated rings. The first-order chi connectivity index (χ1) is 11.1. The predicted molar refractivity (Wildman–Crippen MR) is 85.6 cm³/mol. The summed E-state index contributed by atoms with van der Waals surface area (Å²) in [5.74, 6) is 2.01. The summed E-state index contributed by atoms with van der Waals surface area (Å²) in [6, 6.07) is 2.03. The molecule has 0 spiro atoms. The fourth-order valence-electron chi connectivity index (χ4n) is 3.11. The van der Waals surface area contributed by atoms with Crippen LogP contribution in [0.15, 0.2) is 6.07 Å². The van der Waals surface area contributed by atoms with Gasteiger partial charge < -0.3 is 19.6 Å². The number of hydrogen-bond acceptors (Lipinski definition) is 6. The molecule has 0 bridgehead atoms. The Kier molecular flexibility index (Phi) is 4.66. The molecule has 0 unspecified atom stereocenters. The van der Waals surface area contributed by atoms with Gasteiger partial charge in [0.05, 0.1) is 12.7 Å². The number of hydrogen-bond donors (Lipinski definition) is 1. The Morgan fingerprint density at radius 1 is 1.30 bits per heavy atom. The molecule has 1 aromatic heterocycles. The highest BCUT2D eigenvalue weighted by molar-refractivity contribution is 5.68. The number of piperazine rings is 1. The summed E-state index contributed by atoms with van der Waals surface area (Å²) < 4.78 is 5.04. The van der Waals surface area contributed by atoms with E-state index < -0.39 is 0 Å². The van der Waals surface area contributed by atoms with Gasteiger partial charge in [-0.05, 0) is 26.7 Å². The average Bonchev–Trinajstić information content (AvgIpc) is 2.51. The summed E-state index contributed by atoms with van der Waals surface area (Å²) in [6.07, 6.45) is 1.14. The molecule has 0 aromatic carbocycles. The van der Waals surface area contributed by atoms with Crippen molar-refractivity contribution in [1.29, 1.82) is 0 Å². The zero-order chi connectivity index (χ0) is 16.4. The van der Waals surface area contributed by atoms with E-state index >= 15 is 0 Å². The van der Waals surface area contributed by atoms with Crippen LogP contribution in [0.1, 0.15) is 37.2 Å². The highest BCUT2D eigenvalue weighted by Crippen LogP contribution is 2.36. The summed E-state index contributed by atoms with van der Waals surface area (Å²) in [6.45, 7) is 6.87. The van der Waals surface area contributed by atoms with Crippen LogP contribution < -0.4 is 4.90 Å². The van der Waals surface area contributed by atoms with Gasteiger partial charge in [0.1, 0.15) is 11.6 Å². The summed E-state index contributed by atoms with van der Waals surface area (Å²) in [5.41, 5.74) is 1.02. The lowest BCUT2D eigenvalue weighted by atomic mass is 9.80. The Labute approximate surface area is 136 Å². The number of rotatable bonds is 3. The van der Waals surface area contributed by atoms with E-state index in [0.29, 0.717) is 25.6 Å². The van der Waals surface area contributed by atoms with E-state index in [1.165, 1.54) is 0 Å². The van der Waals surface area contributed by atoms with Gasteiger partial charge in [-0.3, -0.25) is 0 Å². The van der Waals surface area contributed by atoms with Crippen LogP contribution in [0.2, 0.25) is 0 Å². The minimum atomic E-state index is -0.241. The van der Waals surface area contributed by atoms with Crippen LogP contribution >= 0.6 is 0 Å². The van der Waals surface area contributed by atoms with Crippen molar-refractivity contribution in [3.05, 3.63) is 17.6 Å². The molecule has 7 nitrogen and oxygen atoms in total. The van der Waals surface area contributed by atoms with E-state index in [-0.39, 0.29) is 12.2 Å². The third-order valence-electron chi connectivity index (χ3n) is 4.51. The Morgan fingerprint density at radius 3 is 2.61 bits per heavy atom. The van der Waals surface area contributed by atoms with Crippen LogP contribution in [-0.2, 0) is 4.74 Å². The molecule has 1 aliphatic heterocycles. The molecule has 1 N–H and O–H groups in total. The van der Waals surface area contributed by atoms with Gasteiger partial charge in [-0.1, -0.05) is 0 Å². The molecular formula is C16H24N4O3. The van der Waals surface area contributed by atoms with Crippen molar-refractivity contribution in [1.82, 2.24) is 14.9 Å².